The molecule has 0 spiro atoms. The average molecular weight is 352 g/mol. The molecule has 26 heavy (non-hydrogen) atoms. The lowest BCUT2D eigenvalue weighted by atomic mass is 9.96. The molecule has 0 atom stereocenters. The SMILES string of the molecule is c1cnn(CCN2CCC(c3nnc4ccc(N5CCC5)nn34)CC2)c1. The molecular formula is C18H24N8. The fraction of sp³-hybridized carbons (Fsp3) is 0.556. The average Bonchev–Trinajstić information content (AvgIpc) is 3.28. The van der Waals surface area contributed by atoms with Crippen LogP contribution in [0.2, 0.25) is 0 Å². The van der Waals surface area contributed by atoms with E-state index in [-0.39, 0.29) is 0 Å². The van der Waals surface area contributed by atoms with Gasteiger partial charge < -0.3 is 9.80 Å². The van der Waals surface area contributed by atoms with Crippen LogP contribution in [0.4, 0.5) is 5.82 Å². The summed E-state index contributed by atoms with van der Waals surface area (Å²) < 4.78 is 3.97. The summed E-state index contributed by atoms with van der Waals surface area (Å²) in [5.74, 6) is 2.50. The molecule has 2 aliphatic heterocycles. The molecule has 0 amide bonds. The van der Waals surface area contributed by atoms with Crippen LogP contribution in [-0.2, 0) is 6.54 Å². The van der Waals surface area contributed by atoms with Crippen molar-refractivity contribution >= 4 is 11.5 Å². The van der Waals surface area contributed by atoms with Crippen LogP contribution in [0, 0.1) is 0 Å². The monoisotopic (exact) mass is 352 g/mol. The van der Waals surface area contributed by atoms with E-state index in [4.69, 9.17) is 5.10 Å². The fourth-order valence-electron chi connectivity index (χ4n) is 3.86. The van der Waals surface area contributed by atoms with Gasteiger partial charge in [0.05, 0.1) is 6.54 Å². The van der Waals surface area contributed by atoms with Crippen LogP contribution in [-0.4, -0.2) is 67.2 Å². The lowest BCUT2D eigenvalue weighted by molar-refractivity contribution is 0.199. The Morgan fingerprint density at radius 2 is 1.88 bits per heavy atom. The van der Waals surface area contributed by atoms with Crippen LogP contribution in [0.1, 0.15) is 31.0 Å². The van der Waals surface area contributed by atoms with Gasteiger partial charge in [-0.05, 0) is 50.6 Å². The van der Waals surface area contributed by atoms with Gasteiger partial charge in [-0.2, -0.15) is 9.61 Å². The second kappa shape index (κ2) is 6.68. The molecule has 5 rings (SSSR count). The third-order valence-electron chi connectivity index (χ3n) is 5.61. The summed E-state index contributed by atoms with van der Waals surface area (Å²) in [5.41, 5.74) is 0.852. The van der Waals surface area contributed by atoms with Gasteiger partial charge in [-0.15, -0.1) is 15.3 Å². The number of anilines is 1. The summed E-state index contributed by atoms with van der Waals surface area (Å²) in [4.78, 5) is 4.82. The van der Waals surface area contributed by atoms with E-state index in [1.54, 1.807) is 0 Å². The maximum atomic E-state index is 4.81. The van der Waals surface area contributed by atoms with Crippen molar-refractivity contribution in [1.82, 2.24) is 34.5 Å². The Balaban J connectivity index is 1.25. The molecule has 0 bridgehead atoms. The minimum Gasteiger partial charge on any atom is -0.355 e. The number of fused-ring (bicyclic) bond motifs is 1. The van der Waals surface area contributed by atoms with Crippen LogP contribution in [0.3, 0.4) is 0 Å². The Kier molecular flexibility index (Phi) is 4.05. The van der Waals surface area contributed by atoms with E-state index in [1.807, 2.05) is 33.7 Å². The lowest BCUT2D eigenvalue weighted by Crippen LogP contribution is -2.38. The third-order valence-corrected chi connectivity index (χ3v) is 5.61. The van der Waals surface area contributed by atoms with Crippen molar-refractivity contribution < 1.29 is 0 Å². The summed E-state index contributed by atoms with van der Waals surface area (Å²) in [7, 11) is 0. The Morgan fingerprint density at radius 1 is 1.00 bits per heavy atom. The Hall–Kier alpha value is -2.48. The van der Waals surface area contributed by atoms with Crippen molar-refractivity contribution in [3.05, 3.63) is 36.4 Å². The Bertz CT molecular complexity index is 859. The molecule has 0 saturated carbocycles. The first kappa shape index (κ1) is 15.7. The van der Waals surface area contributed by atoms with Crippen LogP contribution in [0.5, 0.6) is 0 Å². The highest BCUT2D eigenvalue weighted by atomic mass is 15.4. The van der Waals surface area contributed by atoms with E-state index in [0.717, 1.165) is 69.4 Å². The topological polar surface area (TPSA) is 67.4 Å². The van der Waals surface area contributed by atoms with Gasteiger partial charge in [0.15, 0.2) is 11.5 Å². The fourth-order valence-corrected chi connectivity index (χ4v) is 3.86. The molecule has 0 aromatic carbocycles. The number of rotatable bonds is 5. The van der Waals surface area contributed by atoms with Crippen LogP contribution >= 0.6 is 0 Å². The molecule has 136 valence electrons. The van der Waals surface area contributed by atoms with Crippen molar-refractivity contribution in [2.24, 2.45) is 0 Å². The predicted octanol–water partition coefficient (Wildman–Crippen LogP) is 1.41. The second-order valence-corrected chi connectivity index (χ2v) is 7.25. The molecule has 8 heteroatoms. The number of hydrogen-bond donors (Lipinski definition) is 0. The van der Waals surface area contributed by atoms with E-state index in [2.05, 4.69) is 31.2 Å². The quantitative estimate of drug-likeness (QED) is 0.692. The van der Waals surface area contributed by atoms with Gasteiger partial charge in [-0.25, -0.2) is 0 Å². The van der Waals surface area contributed by atoms with Gasteiger partial charge in [0.25, 0.3) is 0 Å². The number of nitrogens with zero attached hydrogens (tertiary/aromatic N) is 8. The highest BCUT2D eigenvalue weighted by Crippen LogP contribution is 2.27. The first-order chi connectivity index (χ1) is 12.9. The number of piperidine rings is 1. The van der Waals surface area contributed by atoms with E-state index >= 15 is 0 Å². The zero-order chi connectivity index (χ0) is 17.3. The highest BCUT2D eigenvalue weighted by molar-refractivity contribution is 5.47. The van der Waals surface area contributed by atoms with Crippen molar-refractivity contribution in [3.63, 3.8) is 0 Å². The maximum absolute atomic E-state index is 4.81. The van der Waals surface area contributed by atoms with E-state index in [1.165, 1.54) is 6.42 Å². The maximum Gasteiger partial charge on any atom is 0.178 e. The molecule has 2 fully saturated rings. The van der Waals surface area contributed by atoms with Gasteiger partial charge in [-0.3, -0.25) is 4.68 Å². The minimum absolute atomic E-state index is 0.435. The number of hydrogen-bond acceptors (Lipinski definition) is 6. The largest absolute Gasteiger partial charge is 0.355 e. The van der Waals surface area contributed by atoms with Gasteiger partial charge in [0.1, 0.15) is 5.82 Å². The summed E-state index contributed by atoms with van der Waals surface area (Å²) in [6.45, 7) is 6.38. The Labute approximate surface area is 152 Å². The van der Waals surface area contributed by atoms with Crippen molar-refractivity contribution in [2.75, 3.05) is 37.6 Å². The molecule has 0 radical (unpaired) electrons. The van der Waals surface area contributed by atoms with Gasteiger partial charge >= 0.3 is 0 Å². The standard InChI is InChI=1S/C18H24N8/c1-7-19-25(10-1)14-13-23-11-5-15(6-12-23)18-21-20-16-3-4-17(22-26(16)18)24-8-2-9-24/h1,3-4,7,10,15H,2,5-6,8-9,11-14H2. The molecule has 0 aliphatic carbocycles. The summed E-state index contributed by atoms with van der Waals surface area (Å²) in [5, 5.41) is 17.9. The van der Waals surface area contributed by atoms with Crippen LogP contribution in [0.25, 0.3) is 5.65 Å². The summed E-state index contributed by atoms with van der Waals surface area (Å²) in [6, 6.07) is 6.07. The third kappa shape index (κ3) is 2.94. The predicted molar refractivity (Wildman–Crippen MR) is 98.3 cm³/mol. The first-order valence-electron chi connectivity index (χ1n) is 9.54. The zero-order valence-electron chi connectivity index (χ0n) is 14.9. The van der Waals surface area contributed by atoms with Crippen molar-refractivity contribution in [1.29, 1.82) is 0 Å². The molecule has 0 N–H and O–H groups in total. The molecule has 8 nitrogen and oxygen atoms in total. The summed E-state index contributed by atoms with van der Waals surface area (Å²) in [6.07, 6.45) is 7.33. The van der Waals surface area contributed by atoms with Crippen molar-refractivity contribution in [3.8, 4) is 0 Å². The smallest absolute Gasteiger partial charge is 0.178 e. The molecule has 3 aromatic heterocycles. The van der Waals surface area contributed by atoms with Gasteiger partial charge in [-0.1, -0.05) is 0 Å². The number of likely N-dealkylation sites (tertiary alicyclic amines) is 1. The molecule has 2 saturated heterocycles. The van der Waals surface area contributed by atoms with E-state index in [9.17, 15) is 0 Å². The minimum atomic E-state index is 0.435. The molecule has 2 aliphatic rings. The van der Waals surface area contributed by atoms with Crippen LogP contribution in [0.15, 0.2) is 30.6 Å². The van der Waals surface area contributed by atoms with E-state index < -0.39 is 0 Å². The van der Waals surface area contributed by atoms with Gasteiger partial charge in [0.2, 0.25) is 0 Å². The van der Waals surface area contributed by atoms with Gasteiger partial charge in [0, 0.05) is 37.9 Å². The van der Waals surface area contributed by atoms with E-state index in [0.29, 0.717) is 5.92 Å². The molecular weight excluding hydrogens is 328 g/mol. The number of aromatic nitrogens is 6. The second-order valence-electron chi connectivity index (χ2n) is 7.25. The Morgan fingerprint density at radius 3 is 2.62 bits per heavy atom. The zero-order valence-corrected chi connectivity index (χ0v) is 14.9. The molecule has 3 aromatic rings. The van der Waals surface area contributed by atoms with Crippen molar-refractivity contribution in [2.45, 2.75) is 31.7 Å². The molecule has 0 unspecified atom stereocenters. The summed E-state index contributed by atoms with van der Waals surface area (Å²) >= 11 is 0. The lowest BCUT2D eigenvalue weighted by Gasteiger charge is -2.32. The normalized spacial score (nSPS) is 19.2. The first-order valence-corrected chi connectivity index (χ1v) is 9.54. The van der Waals surface area contributed by atoms with Crippen LogP contribution < -0.4 is 4.90 Å². The highest BCUT2D eigenvalue weighted by Gasteiger charge is 2.25. The molecule has 5 heterocycles.